The number of carbonyl (C=O) groups is 3. The second-order valence-corrected chi connectivity index (χ2v) is 8.42. The van der Waals surface area contributed by atoms with E-state index in [0.717, 1.165) is 4.90 Å². The summed E-state index contributed by atoms with van der Waals surface area (Å²) >= 11 is 18.6. The Hall–Kier alpha value is -3.39. The zero-order chi connectivity index (χ0) is 24.4. The van der Waals surface area contributed by atoms with Crippen LogP contribution in [0.5, 0.6) is 5.75 Å². The molecule has 1 heterocycles. The lowest BCUT2D eigenvalue weighted by atomic mass is 10.1. The van der Waals surface area contributed by atoms with Crippen LogP contribution >= 0.6 is 34.8 Å². The molecule has 1 N–H and O–H groups in total. The normalized spacial score (nSPS) is 15.0. The van der Waals surface area contributed by atoms with Gasteiger partial charge in [0, 0.05) is 5.02 Å². The van der Waals surface area contributed by atoms with Gasteiger partial charge < -0.3 is 4.74 Å². The largest absolute Gasteiger partial charge is 0.486 e. The highest BCUT2D eigenvalue weighted by Gasteiger charge is 2.37. The standard InChI is InChI=1S/C24H14Cl3FN2O4/c25-15-2-1-3-17(11-15)30-23(32)18(22(31)29-24(30)33)8-14-9-19(26)21(20(27)10-14)34-12-13-4-6-16(28)7-5-13/h1-11H,12H2,(H,29,31,33)/b18-8+. The molecule has 34 heavy (non-hydrogen) atoms. The maximum Gasteiger partial charge on any atom is 0.335 e. The van der Waals surface area contributed by atoms with Crippen LogP contribution in [0, 0.1) is 5.82 Å². The molecular weight excluding hydrogens is 506 g/mol. The van der Waals surface area contributed by atoms with E-state index in [1.165, 1.54) is 42.5 Å². The van der Waals surface area contributed by atoms with Crippen LogP contribution in [0.25, 0.3) is 6.08 Å². The van der Waals surface area contributed by atoms with E-state index in [9.17, 15) is 18.8 Å². The zero-order valence-electron chi connectivity index (χ0n) is 17.2. The molecule has 1 saturated heterocycles. The third-order valence-electron chi connectivity index (χ3n) is 4.80. The molecule has 0 radical (unpaired) electrons. The van der Waals surface area contributed by atoms with Crippen molar-refractivity contribution in [2.75, 3.05) is 4.90 Å². The number of benzene rings is 3. The molecule has 1 aliphatic heterocycles. The van der Waals surface area contributed by atoms with Crippen LogP contribution in [0.2, 0.25) is 15.1 Å². The van der Waals surface area contributed by atoms with E-state index in [1.54, 1.807) is 24.3 Å². The number of rotatable bonds is 5. The Kier molecular flexibility index (Phi) is 6.88. The van der Waals surface area contributed by atoms with E-state index < -0.39 is 17.8 Å². The molecule has 3 aromatic rings. The molecule has 172 valence electrons. The highest BCUT2D eigenvalue weighted by Crippen LogP contribution is 2.36. The Labute approximate surface area is 208 Å². The maximum atomic E-state index is 13.1. The SMILES string of the molecule is O=C1NC(=O)N(c2cccc(Cl)c2)C(=O)/C1=C/c1cc(Cl)c(OCc2ccc(F)cc2)c(Cl)c1. The van der Waals surface area contributed by atoms with Crippen molar-refractivity contribution in [2.24, 2.45) is 0 Å². The minimum absolute atomic E-state index is 0.0950. The van der Waals surface area contributed by atoms with Gasteiger partial charge in [-0.05, 0) is 59.7 Å². The van der Waals surface area contributed by atoms with Gasteiger partial charge in [0.2, 0.25) is 0 Å². The molecule has 0 bridgehead atoms. The quantitative estimate of drug-likeness (QED) is 0.330. The van der Waals surface area contributed by atoms with Crippen LogP contribution in [0.3, 0.4) is 0 Å². The molecule has 6 nitrogen and oxygen atoms in total. The minimum Gasteiger partial charge on any atom is -0.486 e. The van der Waals surface area contributed by atoms with E-state index in [2.05, 4.69) is 5.32 Å². The van der Waals surface area contributed by atoms with Crippen molar-refractivity contribution in [3.05, 3.63) is 98.2 Å². The topological polar surface area (TPSA) is 75.7 Å². The fourth-order valence-electron chi connectivity index (χ4n) is 3.21. The molecule has 1 aliphatic rings. The van der Waals surface area contributed by atoms with Crippen LogP contribution in [0.1, 0.15) is 11.1 Å². The van der Waals surface area contributed by atoms with Crippen molar-refractivity contribution in [3.63, 3.8) is 0 Å². The summed E-state index contributed by atoms with van der Waals surface area (Å²) in [6.45, 7) is 0.0950. The first kappa shape index (κ1) is 23.8. The number of hydrogen-bond donors (Lipinski definition) is 1. The fraction of sp³-hybridized carbons (Fsp3) is 0.0417. The van der Waals surface area contributed by atoms with Crippen molar-refractivity contribution >= 4 is 64.4 Å². The number of urea groups is 1. The summed E-state index contributed by atoms with van der Waals surface area (Å²) in [4.78, 5) is 38.5. The van der Waals surface area contributed by atoms with E-state index >= 15 is 0 Å². The first-order valence-corrected chi connectivity index (χ1v) is 10.9. The summed E-state index contributed by atoms with van der Waals surface area (Å²) in [7, 11) is 0. The predicted molar refractivity (Wildman–Crippen MR) is 128 cm³/mol. The number of anilines is 1. The Balaban J connectivity index is 1.60. The fourth-order valence-corrected chi connectivity index (χ4v) is 4.01. The number of nitrogens with zero attached hydrogens (tertiary/aromatic N) is 1. The first-order valence-electron chi connectivity index (χ1n) is 9.76. The van der Waals surface area contributed by atoms with Crippen molar-refractivity contribution in [3.8, 4) is 5.75 Å². The number of barbiturate groups is 1. The summed E-state index contributed by atoms with van der Waals surface area (Å²) in [6.07, 6.45) is 1.27. The molecule has 3 aromatic carbocycles. The minimum atomic E-state index is -0.893. The average Bonchev–Trinajstić information content (AvgIpc) is 2.77. The predicted octanol–water partition coefficient (Wildman–Crippen LogP) is 6.03. The van der Waals surface area contributed by atoms with Gasteiger partial charge in [0.25, 0.3) is 11.8 Å². The van der Waals surface area contributed by atoms with Gasteiger partial charge >= 0.3 is 6.03 Å². The number of amides is 4. The Morgan fingerprint density at radius 2 is 1.62 bits per heavy atom. The summed E-state index contributed by atoms with van der Waals surface area (Å²) in [5, 5.41) is 2.71. The van der Waals surface area contributed by atoms with Gasteiger partial charge in [-0.1, -0.05) is 53.0 Å². The number of hydrogen-bond acceptors (Lipinski definition) is 4. The van der Waals surface area contributed by atoms with Gasteiger partial charge in [-0.2, -0.15) is 0 Å². The third-order valence-corrected chi connectivity index (χ3v) is 5.59. The summed E-state index contributed by atoms with van der Waals surface area (Å²) in [5.74, 6) is -1.88. The van der Waals surface area contributed by atoms with Gasteiger partial charge in [0.1, 0.15) is 18.0 Å². The summed E-state index contributed by atoms with van der Waals surface area (Å²) < 4.78 is 18.7. The zero-order valence-corrected chi connectivity index (χ0v) is 19.4. The molecule has 4 amide bonds. The molecule has 4 rings (SSSR count). The van der Waals surface area contributed by atoms with Gasteiger partial charge in [-0.15, -0.1) is 0 Å². The average molecular weight is 520 g/mol. The van der Waals surface area contributed by atoms with Crippen LogP contribution in [-0.2, 0) is 16.2 Å². The monoisotopic (exact) mass is 518 g/mol. The molecule has 0 atom stereocenters. The lowest BCUT2D eigenvalue weighted by Crippen LogP contribution is -2.54. The maximum absolute atomic E-state index is 13.1. The number of nitrogens with one attached hydrogen (secondary N) is 1. The number of halogens is 4. The lowest BCUT2D eigenvalue weighted by molar-refractivity contribution is -0.122. The molecular formula is C24H14Cl3FN2O4. The molecule has 0 saturated carbocycles. The second kappa shape index (κ2) is 9.85. The van der Waals surface area contributed by atoms with Gasteiger partial charge in [-0.3, -0.25) is 14.9 Å². The van der Waals surface area contributed by atoms with Gasteiger partial charge in [-0.25, -0.2) is 14.1 Å². The molecule has 0 unspecified atom stereocenters. The first-order chi connectivity index (χ1) is 16.2. The van der Waals surface area contributed by atoms with Crippen molar-refractivity contribution in [2.45, 2.75) is 6.61 Å². The van der Waals surface area contributed by atoms with E-state index in [0.29, 0.717) is 16.1 Å². The van der Waals surface area contributed by atoms with Crippen LogP contribution < -0.4 is 15.0 Å². The van der Waals surface area contributed by atoms with Crippen molar-refractivity contribution in [1.82, 2.24) is 5.32 Å². The van der Waals surface area contributed by atoms with E-state index in [1.807, 2.05) is 0 Å². The second-order valence-electron chi connectivity index (χ2n) is 7.17. The Bertz CT molecular complexity index is 1320. The van der Waals surface area contributed by atoms with Gasteiger partial charge in [0.05, 0.1) is 15.7 Å². The van der Waals surface area contributed by atoms with Gasteiger partial charge in [0.15, 0.2) is 5.75 Å². The van der Waals surface area contributed by atoms with E-state index in [-0.39, 0.29) is 39.5 Å². The van der Waals surface area contributed by atoms with Crippen LogP contribution in [0.4, 0.5) is 14.9 Å². The summed E-state index contributed by atoms with van der Waals surface area (Å²) in [6, 6.07) is 13.9. The number of carbonyl (C=O) groups excluding carboxylic acids is 3. The Morgan fingerprint density at radius 3 is 2.26 bits per heavy atom. The summed E-state index contributed by atoms with van der Waals surface area (Å²) in [5.41, 5.74) is 0.943. The number of ether oxygens (including phenoxy) is 1. The molecule has 0 aromatic heterocycles. The molecule has 0 spiro atoms. The van der Waals surface area contributed by atoms with Crippen molar-refractivity contribution < 1.29 is 23.5 Å². The lowest BCUT2D eigenvalue weighted by Gasteiger charge is -2.26. The highest BCUT2D eigenvalue weighted by molar-refractivity contribution is 6.40. The molecule has 10 heteroatoms. The van der Waals surface area contributed by atoms with Crippen molar-refractivity contribution in [1.29, 1.82) is 0 Å². The highest BCUT2D eigenvalue weighted by atomic mass is 35.5. The Morgan fingerprint density at radius 1 is 0.941 bits per heavy atom. The van der Waals surface area contributed by atoms with Crippen LogP contribution in [0.15, 0.2) is 66.2 Å². The third kappa shape index (κ3) is 5.07. The molecule has 0 aliphatic carbocycles. The number of imide groups is 2. The van der Waals surface area contributed by atoms with E-state index in [4.69, 9.17) is 39.5 Å². The molecule has 1 fully saturated rings. The van der Waals surface area contributed by atoms with Crippen LogP contribution in [-0.4, -0.2) is 17.8 Å². The smallest absolute Gasteiger partial charge is 0.335 e.